The fourth-order valence-electron chi connectivity index (χ4n) is 2.66. The van der Waals surface area contributed by atoms with Crippen LogP contribution in [0.2, 0.25) is 0 Å². The average Bonchev–Trinajstić information content (AvgIpc) is 2.58. The van der Waals surface area contributed by atoms with Crippen LogP contribution in [0.3, 0.4) is 0 Å². The van der Waals surface area contributed by atoms with E-state index in [4.69, 9.17) is 5.26 Å². The molecule has 0 aliphatic carbocycles. The number of carbonyl (C=O) groups is 1. The fourth-order valence-corrected chi connectivity index (χ4v) is 2.66. The van der Waals surface area contributed by atoms with Crippen molar-refractivity contribution in [1.82, 2.24) is 4.98 Å². The molecule has 0 radical (unpaired) electrons. The number of alkyl halides is 2. The first-order valence-corrected chi connectivity index (χ1v) is 7.50. The number of aliphatic hydroxyl groups is 1. The van der Waals surface area contributed by atoms with Gasteiger partial charge in [-0.25, -0.2) is 9.37 Å². The second-order valence-corrected chi connectivity index (χ2v) is 5.62. The number of pyridine rings is 1. The largest absolute Gasteiger partial charge is 0.483 e. The Bertz CT molecular complexity index is 925. The lowest BCUT2D eigenvalue weighted by atomic mass is 10.0. The summed E-state index contributed by atoms with van der Waals surface area (Å²) < 4.78 is 46.5. The Hall–Kier alpha value is -3.12. The number of carbonyl (C=O) groups excluding carboxylic acids is 1. The van der Waals surface area contributed by atoms with Crippen molar-refractivity contribution in [3.8, 4) is 11.8 Å². The average molecular weight is 363 g/mol. The third-order valence-electron chi connectivity index (χ3n) is 3.80. The van der Waals surface area contributed by atoms with Crippen LogP contribution < -0.4 is 9.64 Å². The van der Waals surface area contributed by atoms with Crippen LogP contribution in [0.15, 0.2) is 30.3 Å². The van der Waals surface area contributed by atoms with Crippen LogP contribution >= 0.6 is 0 Å². The van der Waals surface area contributed by atoms with Crippen LogP contribution in [-0.2, 0) is 11.3 Å². The molecule has 0 saturated heterocycles. The van der Waals surface area contributed by atoms with E-state index in [2.05, 4.69) is 9.72 Å². The van der Waals surface area contributed by atoms with Gasteiger partial charge in [0.2, 0.25) is 0 Å². The molecule has 134 valence electrons. The number of aromatic nitrogens is 1. The molecule has 0 spiro atoms. The SMILES string of the molecule is CC(O)c1c(F)ccc2c1OC(F)(F)C(=O)N2Cc1cccc(C#N)n1. The first kappa shape index (κ1) is 17.7. The number of aliphatic hydroxyl groups excluding tert-OH is 1. The van der Waals surface area contributed by atoms with E-state index in [1.807, 2.05) is 6.07 Å². The number of fused-ring (bicyclic) bond motifs is 1. The number of halogens is 3. The van der Waals surface area contributed by atoms with Gasteiger partial charge in [-0.05, 0) is 31.2 Å². The number of benzene rings is 1. The molecule has 1 aromatic heterocycles. The number of nitriles is 1. The van der Waals surface area contributed by atoms with Gasteiger partial charge in [-0.3, -0.25) is 9.69 Å². The predicted molar refractivity (Wildman–Crippen MR) is 82.8 cm³/mol. The van der Waals surface area contributed by atoms with Crippen molar-refractivity contribution >= 4 is 11.6 Å². The molecule has 9 heteroatoms. The summed E-state index contributed by atoms with van der Waals surface area (Å²) in [5, 5.41) is 18.6. The molecule has 1 amide bonds. The number of anilines is 1. The van der Waals surface area contributed by atoms with Gasteiger partial charge in [0.15, 0.2) is 5.75 Å². The van der Waals surface area contributed by atoms with Crippen molar-refractivity contribution in [1.29, 1.82) is 5.26 Å². The van der Waals surface area contributed by atoms with Gasteiger partial charge in [0.25, 0.3) is 0 Å². The molecule has 3 rings (SSSR count). The van der Waals surface area contributed by atoms with Gasteiger partial charge in [0.1, 0.15) is 17.6 Å². The van der Waals surface area contributed by atoms with Crippen molar-refractivity contribution < 1.29 is 27.8 Å². The van der Waals surface area contributed by atoms with Crippen molar-refractivity contribution in [3.05, 3.63) is 53.1 Å². The summed E-state index contributed by atoms with van der Waals surface area (Å²) in [5.41, 5.74) is -0.358. The molecule has 1 unspecified atom stereocenters. The van der Waals surface area contributed by atoms with Gasteiger partial charge >= 0.3 is 12.0 Å². The molecule has 1 atom stereocenters. The molecular formula is C17H12F3N3O3. The number of amides is 1. The lowest BCUT2D eigenvalue weighted by Gasteiger charge is -2.34. The Morgan fingerprint density at radius 3 is 2.77 bits per heavy atom. The highest BCUT2D eigenvalue weighted by atomic mass is 19.3. The van der Waals surface area contributed by atoms with Crippen molar-refractivity contribution in [3.63, 3.8) is 0 Å². The van der Waals surface area contributed by atoms with E-state index in [0.29, 0.717) is 4.90 Å². The molecule has 1 aliphatic heterocycles. The van der Waals surface area contributed by atoms with Crippen LogP contribution in [0.5, 0.6) is 5.75 Å². The lowest BCUT2D eigenvalue weighted by molar-refractivity contribution is -0.193. The van der Waals surface area contributed by atoms with E-state index in [9.17, 15) is 23.1 Å². The zero-order valence-electron chi connectivity index (χ0n) is 13.4. The summed E-state index contributed by atoms with van der Waals surface area (Å²) in [6.45, 7) is 0.810. The van der Waals surface area contributed by atoms with Crippen LogP contribution in [-0.4, -0.2) is 22.1 Å². The molecule has 0 bridgehead atoms. The number of hydrogen-bond donors (Lipinski definition) is 1. The molecule has 26 heavy (non-hydrogen) atoms. The molecule has 0 saturated carbocycles. The highest BCUT2D eigenvalue weighted by molar-refractivity contribution is 6.01. The molecule has 6 nitrogen and oxygen atoms in total. The molecule has 1 aliphatic rings. The maximum atomic E-state index is 14.1. The number of hydrogen-bond acceptors (Lipinski definition) is 5. The van der Waals surface area contributed by atoms with E-state index >= 15 is 0 Å². The van der Waals surface area contributed by atoms with Gasteiger partial charge < -0.3 is 9.84 Å². The first-order chi connectivity index (χ1) is 12.2. The molecule has 0 fully saturated rings. The summed E-state index contributed by atoms with van der Waals surface area (Å²) in [6, 6.07) is 8.25. The summed E-state index contributed by atoms with van der Waals surface area (Å²) >= 11 is 0. The smallest absolute Gasteiger partial charge is 0.422 e. The van der Waals surface area contributed by atoms with E-state index in [0.717, 1.165) is 12.1 Å². The summed E-state index contributed by atoms with van der Waals surface area (Å²) in [4.78, 5) is 16.8. The number of nitrogens with zero attached hydrogens (tertiary/aromatic N) is 3. The second-order valence-electron chi connectivity index (χ2n) is 5.62. The quantitative estimate of drug-likeness (QED) is 0.906. The molecule has 1 aromatic carbocycles. The number of ether oxygens (including phenoxy) is 1. The monoisotopic (exact) mass is 363 g/mol. The zero-order valence-corrected chi connectivity index (χ0v) is 13.4. The minimum atomic E-state index is -4.24. The third-order valence-corrected chi connectivity index (χ3v) is 3.80. The number of rotatable bonds is 3. The highest BCUT2D eigenvalue weighted by Crippen LogP contribution is 2.45. The van der Waals surface area contributed by atoms with Crippen molar-refractivity contribution in [2.24, 2.45) is 0 Å². The van der Waals surface area contributed by atoms with E-state index in [1.165, 1.54) is 25.1 Å². The maximum absolute atomic E-state index is 14.1. The van der Waals surface area contributed by atoms with E-state index in [1.54, 1.807) is 0 Å². The molecular weight excluding hydrogens is 351 g/mol. The van der Waals surface area contributed by atoms with Gasteiger partial charge in [-0.15, -0.1) is 0 Å². The van der Waals surface area contributed by atoms with Crippen molar-refractivity contribution in [2.45, 2.75) is 25.7 Å². The van der Waals surface area contributed by atoms with Crippen LogP contribution in [0.1, 0.15) is 30.0 Å². The van der Waals surface area contributed by atoms with E-state index < -0.39 is 35.2 Å². The van der Waals surface area contributed by atoms with Gasteiger partial charge in [0.05, 0.1) is 29.6 Å². The van der Waals surface area contributed by atoms with Gasteiger partial charge in [-0.2, -0.15) is 14.0 Å². The molecule has 2 heterocycles. The lowest BCUT2D eigenvalue weighted by Crippen LogP contribution is -2.50. The standard InChI is InChI=1S/C17H12F3N3O3/c1-9(24)14-12(18)5-6-13-15(14)26-17(19,20)16(25)23(13)8-11-4-2-3-10(7-21)22-11/h2-6,9,24H,8H2,1H3. The Labute approximate surface area is 146 Å². The minimum Gasteiger partial charge on any atom is -0.422 e. The van der Waals surface area contributed by atoms with Crippen LogP contribution in [0, 0.1) is 17.1 Å². The fraction of sp³-hybridized carbons (Fsp3) is 0.235. The molecule has 2 aromatic rings. The van der Waals surface area contributed by atoms with E-state index in [-0.39, 0.29) is 23.6 Å². The Balaban J connectivity index is 2.12. The predicted octanol–water partition coefficient (Wildman–Crippen LogP) is 2.66. The first-order valence-electron chi connectivity index (χ1n) is 7.50. The summed E-state index contributed by atoms with van der Waals surface area (Å²) in [6.07, 6.45) is -5.67. The van der Waals surface area contributed by atoms with Crippen LogP contribution in [0.25, 0.3) is 0 Å². The molecule has 1 N–H and O–H groups in total. The Morgan fingerprint density at radius 2 is 2.12 bits per heavy atom. The van der Waals surface area contributed by atoms with Crippen LogP contribution in [0.4, 0.5) is 18.9 Å². The van der Waals surface area contributed by atoms with Gasteiger partial charge in [-0.1, -0.05) is 6.07 Å². The Morgan fingerprint density at radius 1 is 1.38 bits per heavy atom. The normalized spacial score (nSPS) is 16.5. The third kappa shape index (κ3) is 2.95. The van der Waals surface area contributed by atoms with Gasteiger partial charge in [0, 0.05) is 0 Å². The summed E-state index contributed by atoms with van der Waals surface area (Å²) in [5.74, 6) is -3.20. The Kier molecular flexibility index (Phi) is 4.29. The maximum Gasteiger partial charge on any atom is 0.483 e. The van der Waals surface area contributed by atoms with Crippen molar-refractivity contribution in [2.75, 3.05) is 4.90 Å². The minimum absolute atomic E-state index is 0.0546. The second kappa shape index (κ2) is 6.31. The summed E-state index contributed by atoms with van der Waals surface area (Å²) in [7, 11) is 0. The zero-order chi connectivity index (χ0) is 19.1. The highest BCUT2D eigenvalue weighted by Gasteiger charge is 2.51. The topological polar surface area (TPSA) is 86.5 Å².